The number of rotatable bonds is 8. The maximum atomic E-state index is 12.3. The van der Waals surface area contributed by atoms with Crippen molar-refractivity contribution in [2.75, 3.05) is 12.3 Å². The molecule has 120 valence electrons. The van der Waals surface area contributed by atoms with Gasteiger partial charge in [0.05, 0.1) is 4.90 Å². The molecule has 1 rings (SSSR count). The molecule has 1 aromatic rings. The first-order valence-electron chi connectivity index (χ1n) is 7.53. The first-order valence-corrected chi connectivity index (χ1v) is 9.01. The van der Waals surface area contributed by atoms with Gasteiger partial charge in [-0.15, -0.1) is 0 Å². The molecule has 0 aliphatic rings. The van der Waals surface area contributed by atoms with E-state index in [1.54, 1.807) is 12.1 Å². The summed E-state index contributed by atoms with van der Waals surface area (Å²) in [4.78, 5) is 0.240. The summed E-state index contributed by atoms with van der Waals surface area (Å²) < 4.78 is 27.4. The molecule has 0 atom stereocenters. The smallest absolute Gasteiger partial charge is 0.240 e. The summed E-state index contributed by atoms with van der Waals surface area (Å²) in [6.07, 6.45) is 4.50. The molecule has 0 fully saturated rings. The maximum absolute atomic E-state index is 12.3. The molecular weight excluding hydrogens is 284 g/mol. The third kappa shape index (κ3) is 6.06. The molecule has 5 heteroatoms. The van der Waals surface area contributed by atoms with Gasteiger partial charge in [0.2, 0.25) is 10.0 Å². The van der Waals surface area contributed by atoms with Gasteiger partial charge in [0.15, 0.2) is 0 Å². The summed E-state index contributed by atoms with van der Waals surface area (Å²) in [6, 6.07) is 4.90. The van der Waals surface area contributed by atoms with Crippen LogP contribution in [0.5, 0.6) is 0 Å². The Labute approximate surface area is 129 Å². The van der Waals surface area contributed by atoms with E-state index in [0.717, 1.165) is 18.4 Å². The Morgan fingerprint density at radius 3 is 2.43 bits per heavy atom. The molecule has 0 radical (unpaired) electrons. The van der Waals surface area contributed by atoms with Gasteiger partial charge in [-0.25, -0.2) is 13.1 Å². The molecule has 0 spiro atoms. The fraction of sp³-hybridized carbons (Fsp3) is 0.625. The summed E-state index contributed by atoms with van der Waals surface area (Å²) >= 11 is 0. The van der Waals surface area contributed by atoms with Gasteiger partial charge in [0.25, 0.3) is 0 Å². The van der Waals surface area contributed by atoms with Crippen LogP contribution in [0.15, 0.2) is 23.1 Å². The van der Waals surface area contributed by atoms with Crippen LogP contribution in [-0.4, -0.2) is 15.0 Å². The van der Waals surface area contributed by atoms with Crippen LogP contribution in [0.2, 0.25) is 0 Å². The van der Waals surface area contributed by atoms with Gasteiger partial charge in [0, 0.05) is 12.2 Å². The van der Waals surface area contributed by atoms with E-state index in [2.05, 4.69) is 25.5 Å². The molecule has 0 aliphatic carbocycles. The highest BCUT2D eigenvalue weighted by Gasteiger charge is 2.22. The molecule has 3 N–H and O–H groups in total. The molecule has 0 aliphatic heterocycles. The highest BCUT2D eigenvalue weighted by atomic mass is 32.2. The molecule has 21 heavy (non-hydrogen) atoms. The second-order valence-electron chi connectivity index (χ2n) is 6.53. The van der Waals surface area contributed by atoms with E-state index in [0.29, 0.717) is 12.2 Å². The summed E-state index contributed by atoms with van der Waals surface area (Å²) in [7, 11) is -3.50. The molecule has 0 unspecified atom stereocenters. The standard InChI is InChI=1S/C16H28N2O2S/c1-5-6-7-8-16(3,4)12-18-21(19,20)15-10-13(2)9-14(17)11-15/h9-11,18H,5-8,12,17H2,1-4H3. The van der Waals surface area contributed by atoms with E-state index >= 15 is 0 Å². The van der Waals surface area contributed by atoms with Crippen LogP contribution in [0.25, 0.3) is 0 Å². The molecule has 4 nitrogen and oxygen atoms in total. The van der Waals surface area contributed by atoms with Crippen LogP contribution in [0.1, 0.15) is 52.0 Å². The monoisotopic (exact) mass is 312 g/mol. The summed E-state index contributed by atoms with van der Waals surface area (Å²) in [5, 5.41) is 0. The Kier molecular flexibility index (Phi) is 6.23. The van der Waals surface area contributed by atoms with Gasteiger partial charge >= 0.3 is 0 Å². The number of nitrogens with one attached hydrogen (secondary N) is 1. The predicted octanol–water partition coefficient (Wildman–Crippen LogP) is 3.46. The Morgan fingerprint density at radius 1 is 1.19 bits per heavy atom. The van der Waals surface area contributed by atoms with Crippen molar-refractivity contribution < 1.29 is 8.42 Å². The number of nitrogen functional groups attached to an aromatic ring is 1. The Hall–Kier alpha value is -1.07. The van der Waals surface area contributed by atoms with Gasteiger partial charge in [-0.3, -0.25) is 0 Å². The minimum atomic E-state index is -3.50. The van der Waals surface area contributed by atoms with E-state index in [1.165, 1.54) is 18.9 Å². The lowest BCUT2D eigenvalue weighted by molar-refractivity contribution is 0.320. The zero-order valence-electron chi connectivity index (χ0n) is 13.6. The van der Waals surface area contributed by atoms with Gasteiger partial charge in [0.1, 0.15) is 0 Å². The number of hydrogen-bond acceptors (Lipinski definition) is 3. The first kappa shape index (κ1) is 18.0. The van der Waals surface area contributed by atoms with E-state index in [9.17, 15) is 8.42 Å². The third-order valence-electron chi connectivity index (χ3n) is 3.58. The zero-order valence-corrected chi connectivity index (χ0v) is 14.4. The largest absolute Gasteiger partial charge is 0.399 e. The quantitative estimate of drug-likeness (QED) is 0.570. The Bertz CT molecular complexity index is 545. The first-order chi connectivity index (χ1) is 9.66. The van der Waals surface area contributed by atoms with Crippen molar-refractivity contribution in [2.24, 2.45) is 5.41 Å². The number of hydrogen-bond donors (Lipinski definition) is 2. The van der Waals surface area contributed by atoms with Crippen LogP contribution in [0, 0.1) is 12.3 Å². The maximum Gasteiger partial charge on any atom is 0.240 e. The van der Waals surface area contributed by atoms with Gasteiger partial charge in [-0.05, 0) is 42.5 Å². The SMILES string of the molecule is CCCCCC(C)(C)CNS(=O)(=O)c1cc(C)cc(N)c1. The molecule has 1 aromatic carbocycles. The summed E-state index contributed by atoms with van der Waals surface area (Å²) in [6.45, 7) is 8.63. The van der Waals surface area contributed by atoms with Crippen LogP contribution in [0.4, 0.5) is 5.69 Å². The minimum absolute atomic E-state index is 0.0440. The number of nitrogens with two attached hydrogens (primary N) is 1. The Morgan fingerprint density at radius 2 is 1.86 bits per heavy atom. The van der Waals surface area contributed by atoms with Crippen molar-refractivity contribution in [3.8, 4) is 0 Å². The molecular formula is C16H28N2O2S. The van der Waals surface area contributed by atoms with Crippen molar-refractivity contribution >= 4 is 15.7 Å². The fourth-order valence-electron chi connectivity index (χ4n) is 2.25. The van der Waals surface area contributed by atoms with Crippen molar-refractivity contribution in [3.63, 3.8) is 0 Å². The number of sulfonamides is 1. The van der Waals surface area contributed by atoms with Crippen molar-refractivity contribution in [1.29, 1.82) is 0 Å². The molecule has 0 heterocycles. The summed E-state index contributed by atoms with van der Waals surface area (Å²) in [5.74, 6) is 0. The van der Waals surface area contributed by atoms with Crippen molar-refractivity contribution in [1.82, 2.24) is 4.72 Å². The van der Waals surface area contributed by atoms with Crippen molar-refractivity contribution in [2.45, 2.75) is 58.3 Å². The second kappa shape index (κ2) is 7.27. The lowest BCUT2D eigenvalue weighted by Crippen LogP contribution is -2.34. The van der Waals surface area contributed by atoms with E-state index in [4.69, 9.17) is 5.73 Å². The van der Waals surface area contributed by atoms with Gasteiger partial charge < -0.3 is 5.73 Å². The van der Waals surface area contributed by atoms with E-state index in [1.807, 2.05) is 6.92 Å². The number of aryl methyl sites for hydroxylation is 1. The Balaban J connectivity index is 2.72. The van der Waals surface area contributed by atoms with Crippen LogP contribution < -0.4 is 10.5 Å². The average molecular weight is 312 g/mol. The molecule has 0 bridgehead atoms. The molecule has 0 aromatic heterocycles. The topological polar surface area (TPSA) is 72.2 Å². The predicted molar refractivity (Wildman–Crippen MR) is 88.7 cm³/mol. The zero-order chi connectivity index (χ0) is 16.1. The number of benzene rings is 1. The lowest BCUT2D eigenvalue weighted by Gasteiger charge is -2.25. The van der Waals surface area contributed by atoms with Crippen LogP contribution in [0.3, 0.4) is 0 Å². The minimum Gasteiger partial charge on any atom is -0.399 e. The lowest BCUT2D eigenvalue weighted by atomic mass is 9.87. The molecule has 0 amide bonds. The molecule has 0 saturated heterocycles. The van der Waals surface area contributed by atoms with Gasteiger partial charge in [-0.1, -0.05) is 40.0 Å². The van der Waals surface area contributed by atoms with Gasteiger partial charge in [-0.2, -0.15) is 0 Å². The summed E-state index contributed by atoms with van der Waals surface area (Å²) in [5.41, 5.74) is 7.00. The number of unbranched alkanes of at least 4 members (excludes halogenated alkanes) is 2. The third-order valence-corrected chi connectivity index (χ3v) is 4.96. The molecule has 0 saturated carbocycles. The fourth-order valence-corrected chi connectivity index (χ4v) is 3.63. The average Bonchev–Trinajstić information content (AvgIpc) is 2.36. The highest BCUT2D eigenvalue weighted by molar-refractivity contribution is 7.89. The van der Waals surface area contributed by atoms with Crippen LogP contribution in [-0.2, 0) is 10.0 Å². The van der Waals surface area contributed by atoms with E-state index < -0.39 is 10.0 Å². The van der Waals surface area contributed by atoms with E-state index in [-0.39, 0.29) is 10.3 Å². The highest BCUT2D eigenvalue weighted by Crippen LogP contribution is 2.24. The van der Waals surface area contributed by atoms with Crippen molar-refractivity contribution in [3.05, 3.63) is 23.8 Å². The second-order valence-corrected chi connectivity index (χ2v) is 8.29. The number of anilines is 1. The van der Waals surface area contributed by atoms with Crippen LogP contribution >= 0.6 is 0 Å². The normalized spacial score (nSPS) is 12.6.